The Morgan fingerprint density at radius 1 is 1.29 bits per heavy atom. The van der Waals surface area contributed by atoms with E-state index in [9.17, 15) is 18.8 Å². The molecule has 126 valence electrons. The average Bonchev–Trinajstić information content (AvgIpc) is 2.54. The van der Waals surface area contributed by atoms with Crippen LogP contribution in [-0.2, 0) is 4.79 Å². The van der Waals surface area contributed by atoms with Gasteiger partial charge in [-0.05, 0) is 6.07 Å². The Morgan fingerprint density at radius 3 is 2.58 bits per heavy atom. The fraction of sp³-hybridized carbons (Fsp3) is 0.267. The third-order valence-corrected chi connectivity index (χ3v) is 4.45. The van der Waals surface area contributed by atoms with Crippen LogP contribution in [-0.4, -0.2) is 27.4 Å². The number of anilines is 1. The summed E-state index contributed by atoms with van der Waals surface area (Å²) in [5.74, 6) is -1.73. The van der Waals surface area contributed by atoms with Gasteiger partial charge in [0, 0.05) is 36.1 Å². The Balaban J connectivity index is 2.17. The molecule has 3 rings (SSSR count). The van der Waals surface area contributed by atoms with Crippen molar-refractivity contribution in [1.29, 1.82) is 0 Å². The van der Waals surface area contributed by atoms with Crippen molar-refractivity contribution in [3.63, 3.8) is 0 Å². The predicted molar refractivity (Wildman–Crippen MR) is 83.9 cm³/mol. The van der Waals surface area contributed by atoms with Gasteiger partial charge in [-0.1, -0.05) is 29.3 Å². The number of hydroxylamine groups is 1. The Labute approximate surface area is 145 Å². The van der Waals surface area contributed by atoms with E-state index in [1.54, 1.807) is 0 Å². The van der Waals surface area contributed by atoms with Crippen LogP contribution in [0.25, 0.3) is 0 Å². The minimum absolute atomic E-state index is 0.0247. The molecular weight excluding hydrogens is 363 g/mol. The van der Waals surface area contributed by atoms with E-state index < -0.39 is 30.6 Å². The van der Waals surface area contributed by atoms with Gasteiger partial charge in [-0.2, -0.15) is 0 Å². The van der Waals surface area contributed by atoms with Crippen LogP contribution in [0, 0.1) is 0 Å². The zero-order valence-corrected chi connectivity index (χ0v) is 13.5. The van der Waals surface area contributed by atoms with Crippen molar-refractivity contribution < 1.29 is 18.8 Å². The molecule has 3 heterocycles. The Hall–Kier alpha value is -1.83. The Kier molecular flexibility index (Phi) is 4.67. The number of nitrogens with zero attached hydrogens (tertiary/aromatic N) is 3. The summed E-state index contributed by atoms with van der Waals surface area (Å²) in [5, 5.41) is 11.2. The topological polar surface area (TPSA) is 66.3 Å². The van der Waals surface area contributed by atoms with E-state index >= 15 is 0 Å². The molecule has 2 unspecified atom stereocenters. The van der Waals surface area contributed by atoms with Crippen molar-refractivity contribution in [2.45, 2.75) is 24.8 Å². The largest absolute Gasteiger partial charge is 0.296 e. The number of ketones is 1. The van der Waals surface area contributed by atoms with E-state index in [1.165, 1.54) is 30.7 Å². The van der Waals surface area contributed by atoms with Gasteiger partial charge >= 0.3 is 0 Å². The van der Waals surface area contributed by atoms with E-state index in [-0.39, 0.29) is 27.0 Å². The maximum atomic E-state index is 13.0. The van der Waals surface area contributed by atoms with E-state index in [4.69, 9.17) is 23.2 Å². The number of Topliss-reactive ketones (excluding diaryl/α,β-unsaturated/α-hetero) is 1. The lowest BCUT2D eigenvalue weighted by Gasteiger charge is -2.36. The van der Waals surface area contributed by atoms with Crippen LogP contribution >= 0.6 is 23.2 Å². The van der Waals surface area contributed by atoms with Gasteiger partial charge in [-0.3, -0.25) is 15.0 Å². The molecule has 1 aliphatic heterocycles. The first-order valence-electron chi connectivity index (χ1n) is 6.95. The molecule has 0 radical (unpaired) electrons. The number of fused-ring (bicyclic) bond motifs is 1. The SMILES string of the molecule is O=C1C(CC(F)F)c2cccnc2N(O)C1c1c(Cl)cncc1Cl. The van der Waals surface area contributed by atoms with Crippen LogP contribution in [0.4, 0.5) is 14.6 Å². The van der Waals surface area contributed by atoms with Crippen molar-refractivity contribution in [2.24, 2.45) is 0 Å². The molecule has 0 spiro atoms. The van der Waals surface area contributed by atoms with E-state index in [2.05, 4.69) is 9.97 Å². The zero-order valence-electron chi connectivity index (χ0n) is 12.0. The molecule has 0 fully saturated rings. The van der Waals surface area contributed by atoms with Gasteiger partial charge in [0.1, 0.15) is 6.04 Å². The molecule has 1 N–H and O–H groups in total. The number of pyridine rings is 2. The van der Waals surface area contributed by atoms with Gasteiger partial charge in [0.25, 0.3) is 0 Å². The van der Waals surface area contributed by atoms with Crippen LogP contribution in [0.15, 0.2) is 30.7 Å². The number of halogens is 4. The first-order chi connectivity index (χ1) is 11.4. The molecule has 0 aromatic carbocycles. The summed E-state index contributed by atoms with van der Waals surface area (Å²) in [4.78, 5) is 20.6. The smallest absolute Gasteiger partial charge is 0.239 e. The highest BCUT2D eigenvalue weighted by Gasteiger charge is 2.44. The summed E-state index contributed by atoms with van der Waals surface area (Å²) >= 11 is 12.1. The first-order valence-corrected chi connectivity index (χ1v) is 7.71. The molecule has 5 nitrogen and oxygen atoms in total. The number of hydrogen-bond acceptors (Lipinski definition) is 5. The standard InChI is InChI=1S/C15H11Cl2F2N3O2/c16-9-5-20-6-10(17)12(9)13-14(23)8(4-11(18)19)7-2-1-3-21-15(7)22(13)24/h1-3,5-6,8,11,13,24H,4H2. The van der Waals surface area contributed by atoms with Crippen molar-refractivity contribution in [3.05, 3.63) is 51.9 Å². The Morgan fingerprint density at radius 2 is 1.96 bits per heavy atom. The Bertz CT molecular complexity index is 771. The second-order valence-corrected chi connectivity index (χ2v) is 6.08. The number of carbonyl (C=O) groups is 1. The normalized spacial score (nSPS) is 20.4. The molecule has 2 aromatic heterocycles. The van der Waals surface area contributed by atoms with Crippen LogP contribution in [0.1, 0.15) is 29.5 Å². The lowest BCUT2D eigenvalue weighted by Crippen LogP contribution is -2.41. The molecule has 0 amide bonds. The van der Waals surface area contributed by atoms with E-state index in [0.29, 0.717) is 5.06 Å². The highest BCUT2D eigenvalue weighted by atomic mass is 35.5. The van der Waals surface area contributed by atoms with Crippen molar-refractivity contribution in [1.82, 2.24) is 9.97 Å². The van der Waals surface area contributed by atoms with E-state index in [0.717, 1.165) is 0 Å². The molecule has 0 aliphatic carbocycles. The van der Waals surface area contributed by atoms with Crippen LogP contribution in [0.5, 0.6) is 0 Å². The number of aromatic nitrogens is 2. The summed E-state index contributed by atoms with van der Waals surface area (Å²) in [6.07, 6.45) is 0.549. The van der Waals surface area contributed by atoms with Crippen molar-refractivity contribution in [2.75, 3.05) is 5.06 Å². The minimum Gasteiger partial charge on any atom is -0.296 e. The maximum Gasteiger partial charge on any atom is 0.239 e. The molecule has 9 heteroatoms. The minimum atomic E-state index is -2.69. The molecule has 0 saturated carbocycles. The lowest BCUT2D eigenvalue weighted by molar-refractivity contribution is -0.125. The summed E-state index contributed by atoms with van der Waals surface area (Å²) in [5.41, 5.74) is 0.347. The van der Waals surface area contributed by atoms with E-state index in [1.807, 2.05) is 0 Å². The van der Waals surface area contributed by atoms with Gasteiger partial charge in [-0.15, -0.1) is 0 Å². The third kappa shape index (κ3) is 2.83. The highest BCUT2D eigenvalue weighted by molar-refractivity contribution is 6.36. The number of alkyl halides is 2. The van der Waals surface area contributed by atoms with Crippen LogP contribution in [0.2, 0.25) is 10.0 Å². The lowest BCUT2D eigenvalue weighted by atomic mass is 9.82. The highest BCUT2D eigenvalue weighted by Crippen LogP contribution is 2.45. The molecule has 1 aliphatic rings. The van der Waals surface area contributed by atoms with Crippen molar-refractivity contribution in [3.8, 4) is 0 Å². The first kappa shape index (κ1) is 17.0. The second kappa shape index (κ2) is 6.58. The molecule has 0 bridgehead atoms. The third-order valence-electron chi connectivity index (χ3n) is 3.84. The number of rotatable bonds is 3. The van der Waals surface area contributed by atoms with Gasteiger partial charge < -0.3 is 0 Å². The zero-order chi connectivity index (χ0) is 17.4. The average molecular weight is 374 g/mol. The quantitative estimate of drug-likeness (QED) is 0.879. The summed E-state index contributed by atoms with van der Waals surface area (Å²) in [7, 11) is 0. The predicted octanol–water partition coefficient (Wildman–Crippen LogP) is 4.04. The summed E-state index contributed by atoms with van der Waals surface area (Å²) in [6.45, 7) is 0. The fourth-order valence-corrected chi connectivity index (χ4v) is 3.40. The molecule has 2 atom stereocenters. The van der Waals surface area contributed by atoms with Gasteiger partial charge in [0.2, 0.25) is 6.43 Å². The maximum absolute atomic E-state index is 13.0. The van der Waals surface area contributed by atoms with Crippen LogP contribution in [0.3, 0.4) is 0 Å². The summed E-state index contributed by atoms with van der Waals surface area (Å²) < 4.78 is 25.9. The molecular formula is C15H11Cl2F2N3O2. The van der Waals surface area contributed by atoms with Gasteiger partial charge in [0.05, 0.1) is 16.0 Å². The molecule has 24 heavy (non-hydrogen) atoms. The van der Waals surface area contributed by atoms with Gasteiger partial charge in [0.15, 0.2) is 11.6 Å². The fourth-order valence-electron chi connectivity index (χ4n) is 2.83. The summed E-state index contributed by atoms with van der Waals surface area (Å²) in [6, 6.07) is 1.67. The number of hydrogen-bond donors (Lipinski definition) is 1. The molecule has 2 aromatic rings. The number of carbonyl (C=O) groups excluding carboxylic acids is 1. The van der Waals surface area contributed by atoms with Crippen molar-refractivity contribution >= 4 is 34.8 Å². The monoisotopic (exact) mass is 373 g/mol. The van der Waals surface area contributed by atoms with Crippen LogP contribution < -0.4 is 5.06 Å². The second-order valence-electron chi connectivity index (χ2n) is 5.26. The van der Waals surface area contributed by atoms with Gasteiger partial charge in [-0.25, -0.2) is 18.8 Å². The molecule has 0 saturated heterocycles.